The maximum absolute atomic E-state index is 13.3. The van der Waals surface area contributed by atoms with Crippen molar-refractivity contribution in [2.45, 2.75) is 6.92 Å². The van der Waals surface area contributed by atoms with E-state index in [1.807, 2.05) is 41.5 Å². The molecule has 4 heterocycles. The lowest BCUT2D eigenvalue weighted by molar-refractivity contribution is -0.384. The minimum atomic E-state index is -0.537. The largest absolute Gasteiger partial charge is 0.378 e. The molecule has 11 heteroatoms. The van der Waals surface area contributed by atoms with Crippen LogP contribution < -0.4 is 10.2 Å². The van der Waals surface area contributed by atoms with Crippen LogP contribution in [0, 0.1) is 17.0 Å². The summed E-state index contributed by atoms with van der Waals surface area (Å²) in [6.45, 7) is 4.20. The van der Waals surface area contributed by atoms with Gasteiger partial charge in [-0.1, -0.05) is 18.2 Å². The predicted octanol–water partition coefficient (Wildman–Crippen LogP) is 4.05. The first-order chi connectivity index (χ1) is 16.0. The number of carbonyl (C=O) groups is 1. The van der Waals surface area contributed by atoms with Crippen molar-refractivity contribution in [3.63, 3.8) is 0 Å². The summed E-state index contributed by atoms with van der Waals surface area (Å²) in [7, 11) is 0. The highest BCUT2D eigenvalue weighted by Gasteiger charge is 2.26. The summed E-state index contributed by atoms with van der Waals surface area (Å²) in [6.07, 6.45) is 1.19. The second kappa shape index (κ2) is 8.60. The fraction of sp³-hybridized carbons (Fsp3) is 0.227. The summed E-state index contributed by atoms with van der Waals surface area (Å²) >= 11 is 1.33. The lowest BCUT2D eigenvalue weighted by Crippen LogP contribution is -2.37. The van der Waals surface area contributed by atoms with Crippen molar-refractivity contribution in [3.05, 3.63) is 68.2 Å². The molecule has 33 heavy (non-hydrogen) atoms. The third kappa shape index (κ3) is 4.03. The van der Waals surface area contributed by atoms with Gasteiger partial charge in [0.2, 0.25) is 17.5 Å². The molecule has 0 spiro atoms. The van der Waals surface area contributed by atoms with E-state index >= 15 is 0 Å². The number of anilines is 3. The maximum Gasteiger partial charge on any atom is 0.329 e. The highest BCUT2D eigenvalue weighted by molar-refractivity contribution is 7.12. The number of ether oxygens (including phenoxy) is 1. The number of hydrogen-bond donors (Lipinski definition) is 2. The highest BCUT2D eigenvalue weighted by Crippen LogP contribution is 2.35. The molecule has 5 rings (SSSR count). The van der Waals surface area contributed by atoms with Crippen LogP contribution in [-0.2, 0) is 4.74 Å². The van der Waals surface area contributed by atoms with Gasteiger partial charge < -0.3 is 19.9 Å². The maximum atomic E-state index is 13.3. The van der Waals surface area contributed by atoms with Crippen LogP contribution in [0.2, 0.25) is 0 Å². The number of carbonyl (C=O) groups excluding carboxylic acids is 1. The molecular weight excluding hydrogens is 444 g/mol. The van der Waals surface area contributed by atoms with Crippen molar-refractivity contribution < 1.29 is 14.5 Å². The highest BCUT2D eigenvalue weighted by atomic mass is 32.1. The van der Waals surface area contributed by atoms with E-state index in [0.717, 1.165) is 16.5 Å². The molecule has 0 aliphatic carbocycles. The minimum Gasteiger partial charge on any atom is -0.378 e. The zero-order chi connectivity index (χ0) is 22.9. The fourth-order valence-corrected chi connectivity index (χ4v) is 4.44. The summed E-state index contributed by atoms with van der Waals surface area (Å²) in [6, 6.07) is 9.29. The van der Waals surface area contributed by atoms with E-state index in [9.17, 15) is 14.9 Å². The number of aromatic nitrogens is 3. The van der Waals surface area contributed by atoms with Crippen LogP contribution in [0.25, 0.3) is 10.9 Å². The van der Waals surface area contributed by atoms with Crippen LogP contribution in [0.1, 0.15) is 20.9 Å². The predicted molar refractivity (Wildman–Crippen MR) is 126 cm³/mol. The number of thiophene rings is 1. The zero-order valence-electron chi connectivity index (χ0n) is 17.7. The Bertz CT molecular complexity index is 1340. The van der Waals surface area contributed by atoms with E-state index in [2.05, 4.69) is 20.3 Å². The summed E-state index contributed by atoms with van der Waals surface area (Å²) < 4.78 is 5.37. The molecule has 3 aromatic heterocycles. The number of nitrogens with one attached hydrogen (secondary N) is 2. The van der Waals surface area contributed by atoms with Gasteiger partial charge in [-0.25, -0.2) is 4.98 Å². The molecule has 1 saturated heterocycles. The number of nitro groups is 1. The summed E-state index contributed by atoms with van der Waals surface area (Å²) in [5, 5.41) is 17.4. The zero-order valence-corrected chi connectivity index (χ0v) is 18.5. The van der Waals surface area contributed by atoms with Crippen molar-refractivity contribution in [1.82, 2.24) is 15.0 Å². The number of ketones is 1. The summed E-state index contributed by atoms with van der Waals surface area (Å²) in [5.41, 5.74) is 2.26. The van der Waals surface area contributed by atoms with Gasteiger partial charge in [-0.2, -0.15) is 4.98 Å². The Balaban J connectivity index is 1.63. The molecule has 0 atom stereocenters. The first-order valence-electron chi connectivity index (χ1n) is 10.3. The molecule has 0 unspecified atom stereocenters. The average Bonchev–Trinajstić information content (AvgIpc) is 3.47. The van der Waals surface area contributed by atoms with Crippen molar-refractivity contribution in [2.75, 3.05) is 36.5 Å². The van der Waals surface area contributed by atoms with Gasteiger partial charge in [0.25, 0.3) is 0 Å². The van der Waals surface area contributed by atoms with E-state index in [4.69, 9.17) is 4.74 Å². The molecule has 2 N–H and O–H groups in total. The van der Waals surface area contributed by atoms with Gasteiger partial charge in [-0.3, -0.25) is 14.9 Å². The van der Waals surface area contributed by atoms with E-state index < -0.39 is 4.92 Å². The van der Waals surface area contributed by atoms with Gasteiger partial charge in [0.05, 0.1) is 28.7 Å². The minimum absolute atomic E-state index is 0.0261. The van der Waals surface area contributed by atoms with Crippen LogP contribution in [-0.4, -0.2) is 52.0 Å². The summed E-state index contributed by atoms with van der Waals surface area (Å²) in [4.78, 5) is 38.8. The molecule has 10 nitrogen and oxygen atoms in total. The molecule has 0 saturated carbocycles. The van der Waals surface area contributed by atoms with Gasteiger partial charge in [0.15, 0.2) is 0 Å². The number of rotatable bonds is 6. The van der Waals surface area contributed by atoms with Crippen molar-refractivity contribution in [3.8, 4) is 0 Å². The molecule has 0 radical (unpaired) electrons. The first kappa shape index (κ1) is 21.0. The Hall–Kier alpha value is -3.83. The number of morpholine rings is 1. The van der Waals surface area contributed by atoms with Crippen molar-refractivity contribution >= 4 is 51.2 Å². The average molecular weight is 465 g/mol. The molecule has 1 aliphatic heterocycles. The van der Waals surface area contributed by atoms with E-state index in [-0.39, 0.29) is 17.3 Å². The first-order valence-corrected chi connectivity index (χ1v) is 11.2. The van der Waals surface area contributed by atoms with Crippen molar-refractivity contribution in [2.24, 2.45) is 0 Å². The monoisotopic (exact) mass is 464 g/mol. The third-order valence-corrected chi connectivity index (χ3v) is 6.29. The SMILES string of the molecule is Cc1ccc2c(Nc3nc(N4CCOCC4)ncc3[N+](=O)[O-])c(C(=O)c3cccs3)[nH]c2c1. The Kier molecular flexibility index (Phi) is 5.48. The van der Waals surface area contributed by atoms with Gasteiger partial charge in [-0.05, 0) is 30.0 Å². The molecule has 0 amide bonds. The van der Waals surface area contributed by atoms with Gasteiger partial charge in [0, 0.05) is 24.0 Å². The smallest absolute Gasteiger partial charge is 0.329 e. The Morgan fingerprint density at radius 1 is 1.30 bits per heavy atom. The molecular formula is C22H20N6O4S. The van der Waals surface area contributed by atoms with Crippen LogP contribution in [0.4, 0.5) is 23.1 Å². The van der Waals surface area contributed by atoms with Crippen molar-refractivity contribution in [1.29, 1.82) is 0 Å². The van der Waals surface area contributed by atoms with Crippen LogP contribution in [0.5, 0.6) is 0 Å². The van der Waals surface area contributed by atoms with Crippen LogP contribution in [0.3, 0.4) is 0 Å². The normalized spacial score (nSPS) is 13.9. The quantitative estimate of drug-likeness (QED) is 0.249. The Labute approximate surface area is 192 Å². The molecule has 4 aromatic rings. The van der Waals surface area contributed by atoms with Crippen LogP contribution in [0.15, 0.2) is 41.9 Å². The van der Waals surface area contributed by atoms with Gasteiger partial charge in [0.1, 0.15) is 11.9 Å². The Morgan fingerprint density at radius 2 is 2.12 bits per heavy atom. The van der Waals surface area contributed by atoms with Crippen LogP contribution >= 0.6 is 11.3 Å². The topological polar surface area (TPSA) is 126 Å². The lowest BCUT2D eigenvalue weighted by atomic mass is 10.1. The number of H-pyrrole nitrogens is 1. The van der Waals surface area contributed by atoms with Gasteiger partial charge >= 0.3 is 5.69 Å². The number of hydrogen-bond acceptors (Lipinski definition) is 9. The van der Waals surface area contributed by atoms with E-state index in [0.29, 0.717) is 48.5 Å². The molecule has 0 bridgehead atoms. The second-order valence-electron chi connectivity index (χ2n) is 7.62. The van der Waals surface area contributed by atoms with Gasteiger partial charge in [-0.15, -0.1) is 11.3 Å². The molecule has 1 fully saturated rings. The standard InChI is InChI=1S/C22H20N6O4S/c1-13-4-5-14-15(11-13)24-19(20(29)17-3-2-10-33-17)18(14)25-21-16(28(30)31)12-23-22(26-21)27-6-8-32-9-7-27/h2-5,10-12,24H,6-9H2,1H3,(H,23,25,26). The molecule has 1 aromatic carbocycles. The lowest BCUT2D eigenvalue weighted by Gasteiger charge is -2.26. The second-order valence-corrected chi connectivity index (χ2v) is 8.56. The number of aryl methyl sites for hydroxylation is 1. The van der Waals surface area contributed by atoms with E-state index in [1.54, 1.807) is 6.07 Å². The number of aromatic amines is 1. The third-order valence-electron chi connectivity index (χ3n) is 5.42. The summed E-state index contributed by atoms with van der Waals surface area (Å²) in [5.74, 6) is 0.192. The van der Waals surface area contributed by atoms with E-state index in [1.165, 1.54) is 17.5 Å². The fourth-order valence-electron chi connectivity index (χ4n) is 3.77. The number of benzene rings is 1. The number of nitrogens with zero attached hydrogens (tertiary/aromatic N) is 4. The molecule has 1 aliphatic rings. The molecule has 168 valence electrons. The number of fused-ring (bicyclic) bond motifs is 1. The Morgan fingerprint density at radius 3 is 2.85 bits per heavy atom.